The third-order valence-corrected chi connectivity index (χ3v) is 4.65. The van der Waals surface area contributed by atoms with Crippen LogP contribution in [0.15, 0.2) is 36.4 Å². The maximum atomic E-state index is 12.3. The van der Waals surface area contributed by atoms with Crippen LogP contribution in [0.3, 0.4) is 0 Å². The summed E-state index contributed by atoms with van der Waals surface area (Å²) in [4.78, 5) is 12.3. The summed E-state index contributed by atoms with van der Waals surface area (Å²) in [7, 11) is 0. The topological polar surface area (TPSA) is 79.2 Å². The Balaban J connectivity index is 1.70. The fourth-order valence-electron chi connectivity index (χ4n) is 3.25. The zero-order chi connectivity index (χ0) is 17.9. The number of benzene rings is 1. The lowest BCUT2D eigenvalue weighted by atomic mass is 10.0. The van der Waals surface area contributed by atoms with Gasteiger partial charge in [-0.25, -0.2) is 9.48 Å². The summed E-state index contributed by atoms with van der Waals surface area (Å²) in [5.41, 5.74) is 1.06. The highest BCUT2D eigenvalue weighted by Crippen LogP contribution is 2.28. The van der Waals surface area contributed by atoms with E-state index >= 15 is 0 Å². The molecule has 1 fully saturated rings. The molecule has 6 nitrogen and oxygen atoms in total. The van der Waals surface area contributed by atoms with Crippen molar-refractivity contribution in [1.82, 2.24) is 15.1 Å². The lowest BCUT2D eigenvalue weighted by molar-refractivity contribution is 0.0506. The maximum absolute atomic E-state index is 12.3. The van der Waals surface area contributed by atoms with Crippen LogP contribution in [-0.2, 0) is 0 Å². The zero-order valence-electron chi connectivity index (χ0n) is 14.8. The van der Waals surface area contributed by atoms with Crippen LogP contribution in [0.25, 0.3) is 11.3 Å². The number of aliphatic hydroxyl groups is 1. The minimum atomic E-state index is -0.759. The highest BCUT2D eigenvalue weighted by Gasteiger charge is 2.31. The predicted molar refractivity (Wildman–Crippen MR) is 98.5 cm³/mol. The van der Waals surface area contributed by atoms with Gasteiger partial charge in [-0.05, 0) is 26.7 Å². The van der Waals surface area contributed by atoms with Crippen LogP contribution < -0.4 is 10.6 Å². The monoisotopic (exact) mass is 342 g/mol. The van der Waals surface area contributed by atoms with Gasteiger partial charge in [0.25, 0.3) is 0 Å². The van der Waals surface area contributed by atoms with Gasteiger partial charge in [0, 0.05) is 24.2 Å². The van der Waals surface area contributed by atoms with E-state index in [1.807, 2.05) is 50.2 Å². The first-order valence-corrected chi connectivity index (χ1v) is 8.89. The Morgan fingerprint density at radius 3 is 2.60 bits per heavy atom. The quantitative estimate of drug-likeness (QED) is 0.777. The molecule has 3 N–H and O–H groups in total. The van der Waals surface area contributed by atoms with Crippen molar-refractivity contribution in [3.63, 3.8) is 0 Å². The molecular weight excluding hydrogens is 316 g/mol. The molecule has 1 aliphatic carbocycles. The summed E-state index contributed by atoms with van der Waals surface area (Å²) in [6.07, 6.45) is 3.52. The molecule has 0 bridgehead atoms. The SMILES string of the molecule is CC(C)n1nc(-c2ccccc2)cc1NC(=O)NCC1(O)CCCC1. The molecule has 1 saturated carbocycles. The zero-order valence-corrected chi connectivity index (χ0v) is 14.8. The molecule has 1 aliphatic rings. The Morgan fingerprint density at radius 1 is 1.28 bits per heavy atom. The molecule has 0 radical (unpaired) electrons. The second-order valence-electron chi connectivity index (χ2n) is 7.06. The van der Waals surface area contributed by atoms with Crippen LogP contribution in [0, 0.1) is 0 Å². The smallest absolute Gasteiger partial charge is 0.320 e. The van der Waals surface area contributed by atoms with Crippen LogP contribution in [0.5, 0.6) is 0 Å². The Bertz CT molecular complexity index is 718. The van der Waals surface area contributed by atoms with Gasteiger partial charge < -0.3 is 10.4 Å². The summed E-state index contributed by atoms with van der Waals surface area (Å²) >= 11 is 0. The van der Waals surface area contributed by atoms with Crippen molar-refractivity contribution in [2.45, 2.75) is 51.2 Å². The van der Waals surface area contributed by atoms with Crippen molar-refractivity contribution in [2.75, 3.05) is 11.9 Å². The second kappa shape index (κ2) is 7.27. The maximum Gasteiger partial charge on any atom is 0.320 e. The third kappa shape index (κ3) is 4.20. The molecule has 0 saturated heterocycles. The normalized spacial score (nSPS) is 16.2. The van der Waals surface area contributed by atoms with E-state index in [1.54, 1.807) is 4.68 Å². The fourth-order valence-corrected chi connectivity index (χ4v) is 3.25. The van der Waals surface area contributed by atoms with E-state index in [4.69, 9.17) is 0 Å². The number of hydrogen-bond donors (Lipinski definition) is 3. The number of carbonyl (C=O) groups excluding carboxylic acids is 1. The minimum Gasteiger partial charge on any atom is -0.388 e. The first kappa shape index (κ1) is 17.5. The van der Waals surface area contributed by atoms with Crippen LogP contribution in [0.2, 0.25) is 0 Å². The molecule has 2 amide bonds. The number of aromatic nitrogens is 2. The van der Waals surface area contributed by atoms with Gasteiger partial charge in [-0.3, -0.25) is 5.32 Å². The van der Waals surface area contributed by atoms with E-state index < -0.39 is 5.60 Å². The van der Waals surface area contributed by atoms with E-state index in [0.717, 1.165) is 36.9 Å². The van der Waals surface area contributed by atoms with Crippen molar-refractivity contribution in [3.05, 3.63) is 36.4 Å². The Hall–Kier alpha value is -2.34. The molecule has 6 heteroatoms. The number of urea groups is 1. The summed E-state index contributed by atoms with van der Waals surface area (Å²) < 4.78 is 1.80. The van der Waals surface area contributed by atoms with Gasteiger partial charge in [0.15, 0.2) is 0 Å². The van der Waals surface area contributed by atoms with Gasteiger partial charge >= 0.3 is 6.03 Å². The standard InChI is InChI=1S/C19H26N4O2/c1-14(2)23-17(12-16(22-23)15-8-4-3-5-9-15)21-18(24)20-13-19(25)10-6-7-11-19/h3-5,8-9,12,14,25H,6-7,10-11,13H2,1-2H3,(H2,20,21,24). The Labute approximate surface area is 148 Å². The number of amides is 2. The van der Waals surface area contributed by atoms with Crippen molar-refractivity contribution in [2.24, 2.45) is 0 Å². The highest BCUT2D eigenvalue weighted by atomic mass is 16.3. The average molecular weight is 342 g/mol. The summed E-state index contributed by atoms with van der Waals surface area (Å²) in [6.45, 7) is 4.32. The molecule has 0 unspecified atom stereocenters. The molecule has 1 aromatic carbocycles. The molecular formula is C19H26N4O2. The lowest BCUT2D eigenvalue weighted by Gasteiger charge is -2.22. The lowest BCUT2D eigenvalue weighted by Crippen LogP contribution is -2.42. The Morgan fingerprint density at radius 2 is 1.96 bits per heavy atom. The highest BCUT2D eigenvalue weighted by molar-refractivity contribution is 5.89. The third-order valence-electron chi connectivity index (χ3n) is 4.65. The molecule has 0 atom stereocenters. The first-order valence-electron chi connectivity index (χ1n) is 8.89. The van der Waals surface area contributed by atoms with Crippen molar-refractivity contribution in [3.8, 4) is 11.3 Å². The summed E-state index contributed by atoms with van der Waals surface area (Å²) in [6, 6.07) is 11.5. The number of hydrogen-bond acceptors (Lipinski definition) is 3. The predicted octanol–water partition coefficient (Wildman–Crippen LogP) is 3.56. The number of anilines is 1. The van der Waals surface area contributed by atoms with Crippen molar-refractivity contribution < 1.29 is 9.90 Å². The minimum absolute atomic E-state index is 0.117. The van der Waals surface area contributed by atoms with Gasteiger partial charge in [0.1, 0.15) is 5.82 Å². The first-order chi connectivity index (χ1) is 12.0. The van der Waals surface area contributed by atoms with Gasteiger partial charge in [-0.15, -0.1) is 0 Å². The van der Waals surface area contributed by atoms with Crippen LogP contribution in [-0.4, -0.2) is 33.1 Å². The van der Waals surface area contributed by atoms with Crippen LogP contribution in [0.1, 0.15) is 45.6 Å². The molecule has 0 aliphatic heterocycles. The molecule has 134 valence electrons. The van der Waals surface area contributed by atoms with Crippen molar-refractivity contribution in [1.29, 1.82) is 0 Å². The van der Waals surface area contributed by atoms with E-state index in [-0.39, 0.29) is 18.6 Å². The number of rotatable bonds is 5. The molecule has 25 heavy (non-hydrogen) atoms. The number of nitrogens with one attached hydrogen (secondary N) is 2. The average Bonchev–Trinajstić information content (AvgIpc) is 3.21. The molecule has 3 rings (SSSR count). The summed E-state index contributed by atoms with van der Waals surface area (Å²) in [5, 5.41) is 20.6. The largest absolute Gasteiger partial charge is 0.388 e. The van der Waals surface area contributed by atoms with Crippen LogP contribution >= 0.6 is 0 Å². The van der Waals surface area contributed by atoms with E-state index in [0.29, 0.717) is 5.82 Å². The molecule has 1 aromatic heterocycles. The van der Waals surface area contributed by atoms with Gasteiger partial charge in [-0.2, -0.15) is 5.10 Å². The molecule has 2 aromatic rings. The van der Waals surface area contributed by atoms with Gasteiger partial charge in [0.2, 0.25) is 0 Å². The second-order valence-corrected chi connectivity index (χ2v) is 7.06. The van der Waals surface area contributed by atoms with Gasteiger partial charge in [0.05, 0.1) is 11.3 Å². The van der Waals surface area contributed by atoms with Crippen LogP contribution in [0.4, 0.5) is 10.6 Å². The van der Waals surface area contributed by atoms with E-state index in [9.17, 15) is 9.90 Å². The summed E-state index contributed by atoms with van der Waals surface area (Å²) in [5.74, 6) is 0.643. The molecule has 1 heterocycles. The fraction of sp³-hybridized carbons (Fsp3) is 0.474. The molecule has 0 spiro atoms. The van der Waals surface area contributed by atoms with E-state index in [2.05, 4.69) is 15.7 Å². The number of nitrogens with zero attached hydrogens (tertiary/aromatic N) is 2. The van der Waals surface area contributed by atoms with E-state index in [1.165, 1.54) is 0 Å². The van der Waals surface area contributed by atoms with Crippen molar-refractivity contribution >= 4 is 11.8 Å². The number of carbonyl (C=O) groups is 1. The van der Waals surface area contributed by atoms with Gasteiger partial charge in [-0.1, -0.05) is 43.2 Å². The Kier molecular flexibility index (Phi) is 5.08.